The van der Waals surface area contributed by atoms with E-state index in [9.17, 15) is 9.59 Å². The Bertz CT molecular complexity index is 1040. The van der Waals surface area contributed by atoms with E-state index in [-0.39, 0.29) is 23.7 Å². The van der Waals surface area contributed by atoms with Gasteiger partial charge in [-0.3, -0.25) is 9.59 Å². The Morgan fingerprint density at radius 3 is 2.63 bits per heavy atom. The van der Waals surface area contributed by atoms with Gasteiger partial charge in [-0.1, -0.05) is 54.5 Å². The molecule has 2 amide bonds. The van der Waals surface area contributed by atoms with Crippen LogP contribution in [0, 0.1) is 0 Å². The van der Waals surface area contributed by atoms with Gasteiger partial charge in [0.2, 0.25) is 17.6 Å². The Balaban J connectivity index is 1.42. The molecule has 1 atom stereocenters. The predicted octanol–water partition coefficient (Wildman–Crippen LogP) is 3.22. The lowest BCUT2D eigenvalue weighted by Gasteiger charge is -2.39. The van der Waals surface area contributed by atoms with Crippen LogP contribution in [0.3, 0.4) is 0 Å². The molecule has 154 valence electrons. The molecule has 0 radical (unpaired) electrons. The molecular weight excluding hydrogens is 380 g/mol. The van der Waals surface area contributed by atoms with E-state index >= 15 is 0 Å². The maximum atomic E-state index is 12.9. The Morgan fingerprint density at radius 1 is 1.17 bits per heavy atom. The highest BCUT2D eigenvalue weighted by Gasteiger charge is 2.38. The number of rotatable bonds is 6. The fourth-order valence-electron chi connectivity index (χ4n) is 3.74. The van der Waals surface area contributed by atoms with E-state index in [2.05, 4.69) is 15.5 Å². The highest BCUT2D eigenvalue weighted by atomic mass is 16.5. The quantitative estimate of drug-likeness (QED) is 0.682. The second-order valence-corrected chi connectivity index (χ2v) is 7.43. The molecule has 3 aromatic rings. The molecule has 1 aliphatic heterocycles. The van der Waals surface area contributed by atoms with Gasteiger partial charge >= 0.3 is 0 Å². The van der Waals surface area contributed by atoms with Crippen LogP contribution in [-0.4, -0.2) is 47.0 Å². The van der Waals surface area contributed by atoms with Crippen LogP contribution in [0.2, 0.25) is 0 Å². The Labute approximate surface area is 175 Å². The van der Waals surface area contributed by atoms with Crippen molar-refractivity contribution in [3.05, 3.63) is 71.6 Å². The van der Waals surface area contributed by atoms with Crippen LogP contribution >= 0.6 is 0 Å². The van der Waals surface area contributed by atoms with Gasteiger partial charge in [-0.25, -0.2) is 0 Å². The van der Waals surface area contributed by atoms with E-state index in [0.29, 0.717) is 35.9 Å². The third kappa shape index (κ3) is 3.83. The molecule has 1 aliphatic rings. The highest BCUT2D eigenvalue weighted by molar-refractivity contribution is 5.95. The number of nitrogens with one attached hydrogen (secondary N) is 1. The zero-order valence-electron chi connectivity index (χ0n) is 17.0. The number of amides is 2. The third-order valence-electron chi connectivity index (χ3n) is 5.50. The molecule has 0 unspecified atom stereocenters. The zero-order valence-corrected chi connectivity index (χ0v) is 17.0. The fraction of sp³-hybridized carbons (Fsp3) is 0.304. The average Bonchev–Trinajstić information content (AvgIpc) is 3.23. The maximum Gasteiger partial charge on any atom is 0.251 e. The first kappa shape index (κ1) is 19.8. The van der Waals surface area contributed by atoms with Gasteiger partial charge in [0, 0.05) is 31.3 Å². The SMILES string of the molecule is CC[C@@H](C(=O)N1CC(c2nc(-c3cccc(C(=O)NC)c3)no2)C1)c1ccccc1. The molecule has 1 fully saturated rings. The monoisotopic (exact) mass is 404 g/mol. The second-order valence-electron chi connectivity index (χ2n) is 7.43. The number of aromatic nitrogens is 2. The van der Waals surface area contributed by atoms with Crippen molar-refractivity contribution in [2.45, 2.75) is 25.2 Å². The summed E-state index contributed by atoms with van der Waals surface area (Å²) < 4.78 is 5.45. The van der Waals surface area contributed by atoms with Crippen LogP contribution in [0.5, 0.6) is 0 Å². The summed E-state index contributed by atoms with van der Waals surface area (Å²) >= 11 is 0. The fourth-order valence-corrected chi connectivity index (χ4v) is 3.74. The predicted molar refractivity (Wildman–Crippen MR) is 112 cm³/mol. The minimum absolute atomic E-state index is 0.0330. The summed E-state index contributed by atoms with van der Waals surface area (Å²) in [5, 5.41) is 6.67. The Kier molecular flexibility index (Phi) is 5.61. The van der Waals surface area contributed by atoms with E-state index in [1.165, 1.54) is 0 Å². The number of hydrogen-bond acceptors (Lipinski definition) is 5. The summed E-state index contributed by atoms with van der Waals surface area (Å²) in [6.07, 6.45) is 0.760. The molecule has 0 aliphatic carbocycles. The standard InChI is InChI=1S/C23H24N4O3/c1-3-19(15-8-5-4-6-9-15)23(29)27-13-18(14-27)22-25-20(26-30-22)16-10-7-11-17(12-16)21(28)24-2/h4-12,18-19H,3,13-14H2,1-2H3,(H,24,28)/t19-/m1/s1. The van der Waals surface area contributed by atoms with Crippen LogP contribution in [0.25, 0.3) is 11.4 Å². The van der Waals surface area contributed by atoms with E-state index in [0.717, 1.165) is 12.0 Å². The van der Waals surface area contributed by atoms with E-state index < -0.39 is 0 Å². The molecule has 7 heteroatoms. The number of hydrogen-bond donors (Lipinski definition) is 1. The number of likely N-dealkylation sites (tertiary alicyclic amines) is 1. The van der Waals surface area contributed by atoms with Crippen molar-refractivity contribution >= 4 is 11.8 Å². The first-order chi connectivity index (χ1) is 14.6. The van der Waals surface area contributed by atoms with Crippen LogP contribution < -0.4 is 5.32 Å². The summed E-state index contributed by atoms with van der Waals surface area (Å²) in [5.74, 6) is 0.836. The van der Waals surface area contributed by atoms with E-state index in [1.54, 1.807) is 25.2 Å². The molecular formula is C23H24N4O3. The summed E-state index contributed by atoms with van der Waals surface area (Å²) in [7, 11) is 1.59. The van der Waals surface area contributed by atoms with Gasteiger partial charge in [0.05, 0.1) is 11.8 Å². The van der Waals surface area contributed by atoms with Gasteiger partial charge in [0.15, 0.2) is 0 Å². The summed E-state index contributed by atoms with van der Waals surface area (Å²) in [5.41, 5.74) is 2.30. The average molecular weight is 404 g/mol. The van der Waals surface area contributed by atoms with Crippen molar-refractivity contribution in [2.75, 3.05) is 20.1 Å². The van der Waals surface area contributed by atoms with Gasteiger partial charge in [0.25, 0.3) is 5.91 Å². The summed E-state index contributed by atoms with van der Waals surface area (Å²) in [4.78, 5) is 31.1. The molecule has 2 aromatic carbocycles. The van der Waals surface area contributed by atoms with E-state index in [4.69, 9.17) is 4.52 Å². The van der Waals surface area contributed by atoms with Crippen LogP contribution in [0.1, 0.15) is 47.0 Å². The molecule has 1 N–H and O–H groups in total. The van der Waals surface area contributed by atoms with Gasteiger partial charge in [-0.15, -0.1) is 0 Å². The number of carbonyl (C=O) groups excluding carboxylic acids is 2. The third-order valence-corrected chi connectivity index (χ3v) is 5.50. The molecule has 1 saturated heterocycles. The Hall–Kier alpha value is -3.48. The lowest BCUT2D eigenvalue weighted by Crippen LogP contribution is -2.50. The summed E-state index contributed by atoms with van der Waals surface area (Å²) in [6.45, 7) is 3.17. The Morgan fingerprint density at radius 2 is 1.93 bits per heavy atom. The molecule has 0 spiro atoms. The number of benzene rings is 2. The molecule has 4 rings (SSSR count). The summed E-state index contributed by atoms with van der Waals surface area (Å²) in [6, 6.07) is 17.0. The van der Waals surface area contributed by atoms with Crippen molar-refractivity contribution in [2.24, 2.45) is 0 Å². The maximum absolute atomic E-state index is 12.9. The molecule has 2 heterocycles. The molecule has 0 saturated carbocycles. The molecule has 30 heavy (non-hydrogen) atoms. The molecule has 1 aromatic heterocycles. The second kappa shape index (κ2) is 8.49. The van der Waals surface area contributed by atoms with Gasteiger partial charge in [-0.05, 0) is 24.1 Å². The lowest BCUT2D eigenvalue weighted by atomic mass is 9.91. The van der Waals surface area contributed by atoms with Gasteiger partial charge < -0.3 is 14.7 Å². The lowest BCUT2D eigenvalue weighted by molar-refractivity contribution is -0.137. The van der Waals surface area contributed by atoms with E-state index in [1.807, 2.05) is 48.2 Å². The van der Waals surface area contributed by atoms with Crippen LogP contribution in [-0.2, 0) is 4.79 Å². The zero-order chi connectivity index (χ0) is 21.1. The first-order valence-corrected chi connectivity index (χ1v) is 10.1. The van der Waals surface area contributed by atoms with Crippen LogP contribution in [0.15, 0.2) is 59.1 Å². The minimum Gasteiger partial charge on any atom is -0.355 e. The van der Waals surface area contributed by atoms with Crippen molar-refractivity contribution in [1.29, 1.82) is 0 Å². The van der Waals surface area contributed by atoms with Crippen molar-refractivity contribution in [3.63, 3.8) is 0 Å². The molecule has 7 nitrogen and oxygen atoms in total. The normalized spacial score (nSPS) is 14.8. The smallest absolute Gasteiger partial charge is 0.251 e. The molecule has 0 bridgehead atoms. The number of nitrogens with zero attached hydrogens (tertiary/aromatic N) is 3. The van der Waals surface area contributed by atoms with Crippen molar-refractivity contribution in [3.8, 4) is 11.4 Å². The largest absolute Gasteiger partial charge is 0.355 e. The highest BCUT2D eigenvalue weighted by Crippen LogP contribution is 2.31. The van der Waals surface area contributed by atoms with Gasteiger partial charge in [0.1, 0.15) is 0 Å². The van der Waals surface area contributed by atoms with Crippen LogP contribution in [0.4, 0.5) is 0 Å². The first-order valence-electron chi connectivity index (χ1n) is 10.1. The van der Waals surface area contributed by atoms with Gasteiger partial charge in [-0.2, -0.15) is 4.98 Å². The van der Waals surface area contributed by atoms with Crippen molar-refractivity contribution < 1.29 is 14.1 Å². The minimum atomic E-state index is -0.169. The number of carbonyl (C=O) groups is 2. The topological polar surface area (TPSA) is 88.3 Å². The van der Waals surface area contributed by atoms with Crippen molar-refractivity contribution in [1.82, 2.24) is 20.4 Å².